The number of anilines is 1. The number of rotatable bonds is 2. The van der Waals surface area contributed by atoms with E-state index in [1.807, 2.05) is 0 Å². The molecule has 0 amide bonds. The van der Waals surface area contributed by atoms with Crippen LogP contribution in [0.1, 0.15) is 0 Å². The minimum absolute atomic E-state index is 0.316. The number of allylic oxidation sites excluding steroid dienone is 1. The van der Waals surface area contributed by atoms with Gasteiger partial charge < -0.3 is 10.6 Å². The van der Waals surface area contributed by atoms with Gasteiger partial charge in [0.05, 0.1) is 13.1 Å². The molecule has 6 nitrogen and oxygen atoms in total. The Morgan fingerprint density at radius 2 is 2.47 bits per heavy atom. The van der Waals surface area contributed by atoms with Crippen LogP contribution in [0, 0.1) is 0 Å². The standard InChI is InChI=1S/C8H10N6S/c9-7-11-5-13(12-7)3-6-4-15-8-10-1-2-14(6)8/h4-5H,1-3H2,(H2,9,12). The summed E-state index contributed by atoms with van der Waals surface area (Å²) in [6, 6.07) is 0. The zero-order chi connectivity index (χ0) is 10.3. The van der Waals surface area contributed by atoms with Crippen LogP contribution in [0.25, 0.3) is 0 Å². The quantitative estimate of drug-likeness (QED) is 0.769. The number of hydrogen-bond acceptors (Lipinski definition) is 6. The smallest absolute Gasteiger partial charge is 0.239 e. The normalized spacial score (nSPS) is 19.1. The van der Waals surface area contributed by atoms with Crippen molar-refractivity contribution in [1.29, 1.82) is 0 Å². The summed E-state index contributed by atoms with van der Waals surface area (Å²) in [6.45, 7) is 2.56. The summed E-state index contributed by atoms with van der Waals surface area (Å²) in [5.74, 6) is 0.316. The molecule has 3 rings (SSSR count). The Labute approximate surface area is 90.9 Å². The lowest BCUT2D eigenvalue weighted by atomic mass is 10.4. The van der Waals surface area contributed by atoms with Gasteiger partial charge in [-0.05, 0) is 0 Å². The Morgan fingerprint density at radius 3 is 3.27 bits per heavy atom. The molecule has 1 aromatic heterocycles. The molecule has 0 radical (unpaired) electrons. The summed E-state index contributed by atoms with van der Waals surface area (Å²) in [5, 5.41) is 7.26. The second-order valence-electron chi connectivity index (χ2n) is 3.34. The highest BCUT2D eigenvalue weighted by molar-refractivity contribution is 8.16. The van der Waals surface area contributed by atoms with Gasteiger partial charge in [0.25, 0.3) is 0 Å². The van der Waals surface area contributed by atoms with Gasteiger partial charge in [0.2, 0.25) is 5.95 Å². The first kappa shape index (κ1) is 8.78. The molecule has 15 heavy (non-hydrogen) atoms. The zero-order valence-electron chi connectivity index (χ0n) is 8.00. The first-order valence-electron chi connectivity index (χ1n) is 4.65. The lowest BCUT2D eigenvalue weighted by Gasteiger charge is -2.15. The molecular weight excluding hydrogens is 212 g/mol. The number of aromatic nitrogens is 3. The Hall–Kier alpha value is -1.50. The fourth-order valence-corrected chi connectivity index (χ4v) is 2.60. The third-order valence-electron chi connectivity index (χ3n) is 2.33. The molecule has 0 saturated carbocycles. The van der Waals surface area contributed by atoms with E-state index < -0.39 is 0 Å². The Bertz CT molecular complexity index is 448. The number of amidine groups is 1. The van der Waals surface area contributed by atoms with Crippen molar-refractivity contribution >= 4 is 22.9 Å². The third-order valence-corrected chi connectivity index (χ3v) is 3.28. The summed E-state index contributed by atoms with van der Waals surface area (Å²) < 4.78 is 1.74. The van der Waals surface area contributed by atoms with Gasteiger partial charge in [-0.2, -0.15) is 0 Å². The van der Waals surface area contributed by atoms with Crippen molar-refractivity contribution in [2.24, 2.45) is 4.99 Å². The highest BCUT2D eigenvalue weighted by Crippen LogP contribution is 2.29. The fourth-order valence-electron chi connectivity index (χ4n) is 1.65. The Morgan fingerprint density at radius 1 is 1.53 bits per heavy atom. The summed E-state index contributed by atoms with van der Waals surface area (Å²) >= 11 is 1.67. The van der Waals surface area contributed by atoms with E-state index in [2.05, 4.69) is 25.4 Å². The van der Waals surface area contributed by atoms with Gasteiger partial charge in [-0.3, -0.25) is 4.99 Å². The van der Waals surface area contributed by atoms with Gasteiger partial charge in [-0.25, -0.2) is 9.67 Å². The fraction of sp³-hybridized carbons (Fsp3) is 0.375. The molecular formula is C8H10N6S. The molecule has 0 aromatic carbocycles. The molecule has 0 bridgehead atoms. The third kappa shape index (κ3) is 1.48. The van der Waals surface area contributed by atoms with Crippen LogP contribution in [-0.2, 0) is 6.54 Å². The molecule has 0 aliphatic carbocycles. The summed E-state index contributed by atoms with van der Waals surface area (Å²) in [6.07, 6.45) is 1.64. The van der Waals surface area contributed by atoms with Gasteiger partial charge in [0, 0.05) is 17.6 Å². The van der Waals surface area contributed by atoms with E-state index >= 15 is 0 Å². The molecule has 3 heterocycles. The maximum Gasteiger partial charge on any atom is 0.239 e. The predicted molar refractivity (Wildman–Crippen MR) is 59.1 cm³/mol. The summed E-state index contributed by atoms with van der Waals surface area (Å²) in [5.41, 5.74) is 6.66. The van der Waals surface area contributed by atoms with Gasteiger partial charge in [-0.15, -0.1) is 5.10 Å². The van der Waals surface area contributed by atoms with Gasteiger partial charge >= 0.3 is 0 Å². The summed E-state index contributed by atoms with van der Waals surface area (Å²) in [7, 11) is 0. The van der Waals surface area contributed by atoms with Crippen molar-refractivity contribution in [3.8, 4) is 0 Å². The molecule has 7 heteroatoms. The monoisotopic (exact) mass is 222 g/mol. The Kier molecular flexibility index (Phi) is 1.91. The largest absolute Gasteiger partial charge is 0.367 e. The second-order valence-corrected chi connectivity index (χ2v) is 4.18. The maximum atomic E-state index is 5.45. The minimum Gasteiger partial charge on any atom is -0.367 e. The summed E-state index contributed by atoms with van der Waals surface area (Å²) in [4.78, 5) is 10.5. The van der Waals surface area contributed by atoms with Crippen molar-refractivity contribution < 1.29 is 0 Å². The van der Waals surface area contributed by atoms with Gasteiger partial charge in [-0.1, -0.05) is 11.8 Å². The highest BCUT2D eigenvalue weighted by Gasteiger charge is 2.26. The van der Waals surface area contributed by atoms with Crippen LogP contribution in [0.5, 0.6) is 0 Å². The van der Waals surface area contributed by atoms with E-state index in [1.165, 1.54) is 5.70 Å². The minimum atomic E-state index is 0.316. The van der Waals surface area contributed by atoms with E-state index in [0.29, 0.717) is 12.5 Å². The molecule has 0 saturated heterocycles. The first-order valence-corrected chi connectivity index (χ1v) is 5.53. The van der Waals surface area contributed by atoms with Gasteiger partial charge in [0.15, 0.2) is 5.17 Å². The topological polar surface area (TPSA) is 72.3 Å². The molecule has 78 valence electrons. The predicted octanol–water partition coefficient (Wildman–Crippen LogP) is 0.120. The van der Waals surface area contributed by atoms with Crippen LogP contribution < -0.4 is 5.73 Å². The molecule has 0 atom stereocenters. The number of fused-ring (bicyclic) bond motifs is 1. The average molecular weight is 222 g/mol. The number of nitrogen functional groups attached to an aromatic ring is 1. The first-order chi connectivity index (χ1) is 7.33. The molecule has 2 aliphatic heterocycles. The maximum absolute atomic E-state index is 5.45. The Balaban J connectivity index is 1.77. The molecule has 0 spiro atoms. The van der Waals surface area contributed by atoms with E-state index in [1.54, 1.807) is 22.8 Å². The van der Waals surface area contributed by atoms with Crippen LogP contribution in [-0.4, -0.2) is 37.9 Å². The number of aliphatic imine (C=N–C) groups is 1. The average Bonchev–Trinajstić information content (AvgIpc) is 2.85. The van der Waals surface area contributed by atoms with E-state index in [0.717, 1.165) is 18.3 Å². The van der Waals surface area contributed by atoms with Crippen LogP contribution in [0.3, 0.4) is 0 Å². The zero-order valence-corrected chi connectivity index (χ0v) is 8.81. The lowest BCUT2D eigenvalue weighted by Crippen LogP contribution is -2.23. The lowest BCUT2D eigenvalue weighted by molar-refractivity contribution is 0.507. The second kappa shape index (κ2) is 3.27. The van der Waals surface area contributed by atoms with Crippen molar-refractivity contribution in [2.45, 2.75) is 6.54 Å². The van der Waals surface area contributed by atoms with Crippen molar-refractivity contribution in [3.63, 3.8) is 0 Å². The molecule has 0 fully saturated rings. The van der Waals surface area contributed by atoms with Crippen LogP contribution in [0.2, 0.25) is 0 Å². The number of nitrogens with two attached hydrogens (primary N) is 1. The SMILES string of the molecule is Nc1ncn(CC2=CSC3=NCCN23)n1. The van der Waals surface area contributed by atoms with Gasteiger partial charge in [0.1, 0.15) is 6.33 Å². The molecule has 2 N–H and O–H groups in total. The molecule has 0 unspecified atom stereocenters. The van der Waals surface area contributed by atoms with Crippen LogP contribution in [0.15, 0.2) is 22.4 Å². The number of thioether (sulfide) groups is 1. The van der Waals surface area contributed by atoms with E-state index in [-0.39, 0.29) is 0 Å². The van der Waals surface area contributed by atoms with Crippen molar-refractivity contribution in [3.05, 3.63) is 17.4 Å². The molecule has 2 aliphatic rings. The number of hydrogen-bond donors (Lipinski definition) is 1. The van der Waals surface area contributed by atoms with Crippen LogP contribution >= 0.6 is 11.8 Å². The van der Waals surface area contributed by atoms with E-state index in [9.17, 15) is 0 Å². The molecule has 1 aromatic rings. The van der Waals surface area contributed by atoms with Crippen molar-refractivity contribution in [1.82, 2.24) is 19.7 Å². The highest BCUT2D eigenvalue weighted by atomic mass is 32.2. The van der Waals surface area contributed by atoms with Crippen molar-refractivity contribution in [2.75, 3.05) is 18.8 Å². The van der Waals surface area contributed by atoms with E-state index in [4.69, 9.17) is 5.73 Å². The van der Waals surface area contributed by atoms with Crippen LogP contribution in [0.4, 0.5) is 5.95 Å². The number of nitrogens with zero attached hydrogens (tertiary/aromatic N) is 5.